The van der Waals surface area contributed by atoms with E-state index in [0.29, 0.717) is 13.2 Å². The molecule has 1 heterocycles. The number of nitrogens with one attached hydrogen (secondary N) is 1. The van der Waals surface area contributed by atoms with E-state index in [9.17, 15) is 13.2 Å². The summed E-state index contributed by atoms with van der Waals surface area (Å²) in [6.07, 6.45) is -2.92. The van der Waals surface area contributed by atoms with E-state index in [1.165, 1.54) is 24.4 Å². The van der Waals surface area contributed by atoms with Gasteiger partial charge in [0.1, 0.15) is 0 Å². The topological polar surface area (TPSA) is 36.9 Å². The summed E-state index contributed by atoms with van der Waals surface area (Å²) in [6.45, 7) is 3.13. The molecule has 0 atom stereocenters. The largest absolute Gasteiger partial charge is 0.418 e. The molecule has 1 N–H and O–H groups in total. The van der Waals surface area contributed by atoms with Crippen molar-refractivity contribution in [3.8, 4) is 0 Å². The molecule has 132 valence electrons. The summed E-state index contributed by atoms with van der Waals surface area (Å²) in [6, 6.07) is 13.0. The van der Waals surface area contributed by atoms with Crippen molar-refractivity contribution in [3.63, 3.8) is 0 Å². The number of hydrogen-bond acceptors (Lipinski definition) is 4. The van der Waals surface area contributed by atoms with Gasteiger partial charge in [-0.25, -0.2) is 0 Å². The SMILES string of the molecule is FC(F)(F)c1ccccc1N/N=C/c1ccc(N2CCOCC2)cc1. The molecule has 25 heavy (non-hydrogen) atoms. The lowest BCUT2D eigenvalue weighted by Gasteiger charge is -2.28. The summed E-state index contributed by atoms with van der Waals surface area (Å²) in [5, 5.41) is 3.92. The molecule has 2 aromatic carbocycles. The molecule has 1 aliphatic heterocycles. The van der Waals surface area contributed by atoms with Gasteiger partial charge in [-0.15, -0.1) is 0 Å². The first-order valence-corrected chi connectivity index (χ1v) is 7.92. The number of morpholine rings is 1. The first-order valence-electron chi connectivity index (χ1n) is 7.92. The van der Waals surface area contributed by atoms with Crippen molar-refractivity contribution in [2.45, 2.75) is 6.18 Å². The molecular formula is C18H18F3N3O. The van der Waals surface area contributed by atoms with Crippen LogP contribution < -0.4 is 10.3 Å². The Bertz CT molecular complexity index is 723. The van der Waals surface area contributed by atoms with Crippen molar-refractivity contribution in [2.24, 2.45) is 5.10 Å². The van der Waals surface area contributed by atoms with Crippen LogP contribution in [0.4, 0.5) is 24.5 Å². The van der Waals surface area contributed by atoms with Crippen LogP contribution in [0.2, 0.25) is 0 Å². The lowest BCUT2D eigenvalue weighted by atomic mass is 10.2. The predicted octanol–water partition coefficient (Wildman–Crippen LogP) is 3.99. The molecule has 7 heteroatoms. The average Bonchev–Trinajstić information content (AvgIpc) is 2.63. The van der Waals surface area contributed by atoms with Crippen LogP contribution in [-0.2, 0) is 10.9 Å². The average molecular weight is 349 g/mol. The first-order chi connectivity index (χ1) is 12.0. The maximum absolute atomic E-state index is 12.9. The Balaban J connectivity index is 1.65. The van der Waals surface area contributed by atoms with Gasteiger partial charge in [-0.3, -0.25) is 5.43 Å². The van der Waals surface area contributed by atoms with Crippen molar-refractivity contribution < 1.29 is 17.9 Å². The minimum Gasteiger partial charge on any atom is -0.378 e. The minimum atomic E-state index is -4.42. The fraction of sp³-hybridized carbons (Fsp3) is 0.278. The molecule has 0 unspecified atom stereocenters. The Hall–Kier alpha value is -2.54. The molecule has 3 rings (SSSR count). The molecule has 0 radical (unpaired) electrons. The summed E-state index contributed by atoms with van der Waals surface area (Å²) in [5.41, 5.74) is 3.55. The van der Waals surface area contributed by atoms with Crippen LogP contribution in [0.3, 0.4) is 0 Å². The van der Waals surface area contributed by atoms with Gasteiger partial charge in [0.25, 0.3) is 0 Å². The molecule has 1 saturated heterocycles. The normalized spacial score (nSPS) is 15.6. The molecule has 0 spiro atoms. The molecule has 0 saturated carbocycles. The monoisotopic (exact) mass is 349 g/mol. The molecule has 0 bridgehead atoms. The Morgan fingerprint density at radius 1 is 1.00 bits per heavy atom. The molecule has 2 aromatic rings. The lowest BCUT2D eigenvalue weighted by Crippen LogP contribution is -2.36. The summed E-state index contributed by atoms with van der Waals surface area (Å²) >= 11 is 0. The first kappa shape index (κ1) is 17.3. The van der Waals surface area contributed by atoms with Gasteiger partial charge >= 0.3 is 6.18 Å². The fourth-order valence-electron chi connectivity index (χ4n) is 2.60. The number of hydrazone groups is 1. The summed E-state index contributed by atoms with van der Waals surface area (Å²) in [5.74, 6) is 0. The van der Waals surface area contributed by atoms with Crippen molar-refractivity contribution in [1.82, 2.24) is 0 Å². The van der Waals surface area contributed by atoms with E-state index in [1.54, 1.807) is 0 Å². The highest BCUT2D eigenvalue weighted by Gasteiger charge is 2.33. The van der Waals surface area contributed by atoms with E-state index >= 15 is 0 Å². The van der Waals surface area contributed by atoms with Gasteiger partial charge in [-0.05, 0) is 29.8 Å². The number of ether oxygens (including phenoxy) is 1. The summed E-state index contributed by atoms with van der Waals surface area (Å²) < 4.78 is 44.1. The van der Waals surface area contributed by atoms with Crippen LogP contribution in [0.25, 0.3) is 0 Å². The highest BCUT2D eigenvalue weighted by atomic mass is 19.4. The lowest BCUT2D eigenvalue weighted by molar-refractivity contribution is -0.136. The third-order valence-electron chi connectivity index (χ3n) is 3.90. The Kier molecular flexibility index (Phi) is 5.23. The van der Waals surface area contributed by atoms with Crippen molar-refractivity contribution in [3.05, 3.63) is 59.7 Å². The third-order valence-corrected chi connectivity index (χ3v) is 3.90. The van der Waals surface area contributed by atoms with Crippen LogP contribution in [0.1, 0.15) is 11.1 Å². The van der Waals surface area contributed by atoms with E-state index in [0.717, 1.165) is 30.4 Å². The van der Waals surface area contributed by atoms with Crippen LogP contribution in [0.5, 0.6) is 0 Å². The highest BCUT2D eigenvalue weighted by Crippen LogP contribution is 2.34. The highest BCUT2D eigenvalue weighted by molar-refractivity contribution is 5.81. The smallest absolute Gasteiger partial charge is 0.378 e. The van der Waals surface area contributed by atoms with Gasteiger partial charge in [0, 0.05) is 18.8 Å². The number of benzene rings is 2. The van der Waals surface area contributed by atoms with E-state index in [4.69, 9.17) is 4.74 Å². The van der Waals surface area contributed by atoms with Crippen molar-refractivity contribution in [2.75, 3.05) is 36.6 Å². The second-order valence-corrected chi connectivity index (χ2v) is 5.60. The molecule has 4 nitrogen and oxygen atoms in total. The van der Waals surface area contributed by atoms with E-state index in [2.05, 4.69) is 15.4 Å². The zero-order valence-corrected chi connectivity index (χ0v) is 13.5. The molecular weight excluding hydrogens is 331 g/mol. The van der Waals surface area contributed by atoms with Gasteiger partial charge in [0.05, 0.1) is 30.7 Å². The molecule has 0 aromatic heterocycles. The second kappa shape index (κ2) is 7.57. The Labute approximate surface area is 143 Å². The number of nitrogens with zero attached hydrogens (tertiary/aromatic N) is 2. The van der Waals surface area contributed by atoms with E-state index < -0.39 is 11.7 Å². The number of alkyl halides is 3. The van der Waals surface area contributed by atoms with Gasteiger partial charge in [0.15, 0.2) is 0 Å². The van der Waals surface area contributed by atoms with Crippen LogP contribution >= 0.6 is 0 Å². The second-order valence-electron chi connectivity index (χ2n) is 5.60. The van der Waals surface area contributed by atoms with Crippen LogP contribution in [-0.4, -0.2) is 32.5 Å². The number of hydrogen-bond donors (Lipinski definition) is 1. The van der Waals surface area contributed by atoms with Crippen LogP contribution in [0.15, 0.2) is 53.6 Å². The van der Waals surface area contributed by atoms with Crippen LogP contribution in [0, 0.1) is 0 Å². The number of anilines is 2. The maximum atomic E-state index is 12.9. The Morgan fingerprint density at radius 2 is 1.68 bits per heavy atom. The molecule has 0 aliphatic carbocycles. The number of rotatable bonds is 4. The van der Waals surface area contributed by atoms with Crippen molar-refractivity contribution >= 4 is 17.6 Å². The van der Waals surface area contributed by atoms with Crippen molar-refractivity contribution in [1.29, 1.82) is 0 Å². The Morgan fingerprint density at radius 3 is 2.36 bits per heavy atom. The van der Waals surface area contributed by atoms with E-state index in [1.807, 2.05) is 24.3 Å². The quantitative estimate of drug-likeness (QED) is 0.670. The number of halogens is 3. The zero-order chi connectivity index (χ0) is 17.7. The summed E-state index contributed by atoms with van der Waals surface area (Å²) in [4.78, 5) is 2.22. The van der Waals surface area contributed by atoms with E-state index in [-0.39, 0.29) is 5.69 Å². The number of para-hydroxylation sites is 1. The standard InChI is InChI=1S/C18H18F3N3O/c19-18(20,21)16-3-1-2-4-17(16)23-22-13-14-5-7-15(8-6-14)24-9-11-25-12-10-24/h1-8,13,23H,9-12H2/b22-13+. The molecule has 1 fully saturated rings. The third kappa shape index (κ3) is 4.51. The van der Waals surface area contributed by atoms with Gasteiger partial charge in [-0.1, -0.05) is 24.3 Å². The van der Waals surface area contributed by atoms with Gasteiger partial charge in [-0.2, -0.15) is 18.3 Å². The minimum absolute atomic E-state index is 0.0730. The van der Waals surface area contributed by atoms with Gasteiger partial charge in [0.2, 0.25) is 0 Å². The predicted molar refractivity (Wildman–Crippen MR) is 92.1 cm³/mol. The zero-order valence-electron chi connectivity index (χ0n) is 13.5. The molecule has 0 amide bonds. The maximum Gasteiger partial charge on any atom is 0.418 e. The molecule has 1 aliphatic rings. The fourth-order valence-corrected chi connectivity index (χ4v) is 2.60. The van der Waals surface area contributed by atoms with Gasteiger partial charge < -0.3 is 9.64 Å². The summed E-state index contributed by atoms with van der Waals surface area (Å²) in [7, 11) is 0.